The molecule has 0 aromatic carbocycles. The van der Waals surface area contributed by atoms with Gasteiger partial charge in [-0.15, -0.1) is 0 Å². The molecule has 0 heterocycles. The van der Waals surface area contributed by atoms with Crippen molar-refractivity contribution in [3.63, 3.8) is 0 Å². The lowest BCUT2D eigenvalue weighted by molar-refractivity contribution is -0.118. The van der Waals surface area contributed by atoms with Gasteiger partial charge < -0.3 is 15.5 Å². The maximum atomic E-state index is 11.5. The van der Waals surface area contributed by atoms with Crippen molar-refractivity contribution in [2.75, 3.05) is 13.2 Å². The highest BCUT2D eigenvalue weighted by molar-refractivity contribution is 5.96. The van der Waals surface area contributed by atoms with Gasteiger partial charge in [0.2, 0.25) is 0 Å². The van der Waals surface area contributed by atoms with Crippen molar-refractivity contribution < 1.29 is 15.0 Å². The van der Waals surface area contributed by atoms with Crippen molar-refractivity contribution in [3.05, 3.63) is 30.2 Å². The van der Waals surface area contributed by atoms with Gasteiger partial charge in [-0.1, -0.05) is 18.2 Å². The van der Waals surface area contributed by atoms with Crippen LogP contribution in [-0.4, -0.2) is 35.4 Å². The van der Waals surface area contributed by atoms with Gasteiger partial charge in [0.15, 0.2) is 0 Å². The fourth-order valence-electron chi connectivity index (χ4n) is 1.09. The van der Waals surface area contributed by atoms with E-state index in [1.807, 2.05) is 12.5 Å². The molecule has 14 heavy (non-hydrogen) atoms. The summed E-state index contributed by atoms with van der Waals surface area (Å²) >= 11 is 0. The van der Waals surface area contributed by atoms with Crippen LogP contribution < -0.4 is 5.32 Å². The van der Waals surface area contributed by atoms with E-state index in [0.29, 0.717) is 5.57 Å². The molecule has 4 heteroatoms. The largest absolute Gasteiger partial charge is 0.394 e. The van der Waals surface area contributed by atoms with Gasteiger partial charge in [0.1, 0.15) is 0 Å². The molecule has 1 rings (SSSR count). The van der Waals surface area contributed by atoms with E-state index in [1.165, 1.54) is 0 Å². The summed E-state index contributed by atoms with van der Waals surface area (Å²) in [5.74, 6) is -0.273. The molecule has 0 fully saturated rings. The van der Waals surface area contributed by atoms with Gasteiger partial charge in [0.05, 0.1) is 19.3 Å². The Bertz CT molecular complexity index is 254. The Morgan fingerprint density at radius 1 is 1.50 bits per heavy atom. The number of allylic oxidation sites excluding steroid dienone is 2. The minimum atomic E-state index is -0.585. The quantitative estimate of drug-likeness (QED) is 0.570. The average Bonchev–Trinajstić information content (AvgIpc) is 2.26. The normalized spacial score (nSPS) is 15.5. The molecule has 0 saturated carbocycles. The Morgan fingerprint density at radius 2 is 2.21 bits per heavy atom. The second-order valence-electron chi connectivity index (χ2n) is 3.03. The molecule has 0 atom stereocenters. The third kappa shape index (κ3) is 2.97. The van der Waals surface area contributed by atoms with E-state index >= 15 is 0 Å². The Labute approximate surface area is 82.9 Å². The minimum absolute atomic E-state index is 0.261. The number of nitrogens with one attached hydrogen (secondary N) is 1. The van der Waals surface area contributed by atoms with E-state index < -0.39 is 6.04 Å². The number of hydrogen-bond acceptors (Lipinski definition) is 3. The van der Waals surface area contributed by atoms with Crippen molar-refractivity contribution in [1.29, 1.82) is 0 Å². The first-order valence-electron chi connectivity index (χ1n) is 4.50. The van der Waals surface area contributed by atoms with Gasteiger partial charge in [-0.25, -0.2) is 0 Å². The van der Waals surface area contributed by atoms with Crippen LogP contribution in [0.3, 0.4) is 0 Å². The number of rotatable bonds is 4. The summed E-state index contributed by atoms with van der Waals surface area (Å²) in [6, 6.07) is -0.585. The zero-order valence-electron chi connectivity index (χ0n) is 7.81. The van der Waals surface area contributed by atoms with Gasteiger partial charge >= 0.3 is 0 Å². The molecule has 0 aromatic rings. The van der Waals surface area contributed by atoms with Crippen molar-refractivity contribution >= 4 is 5.91 Å². The number of amides is 1. The van der Waals surface area contributed by atoms with Crippen LogP contribution in [0.25, 0.3) is 0 Å². The summed E-state index contributed by atoms with van der Waals surface area (Å²) in [5.41, 5.74) is 0.545. The Kier molecular flexibility index (Phi) is 4.35. The highest BCUT2D eigenvalue weighted by Gasteiger charge is 2.13. The van der Waals surface area contributed by atoms with E-state index in [1.54, 1.807) is 12.2 Å². The molecule has 77 valence electrons. The SMILES string of the molecule is O=C(NC(CO)CO)C1=C[CH]CC=C1. The maximum Gasteiger partial charge on any atom is 0.251 e. The lowest BCUT2D eigenvalue weighted by atomic mass is 10.1. The molecular formula is C10H14NO3. The summed E-state index contributed by atoms with van der Waals surface area (Å²) in [7, 11) is 0. The lowest BCUT2D eigenvalue weighted by Crippen LogP contribution is -2.40. The fourth-order valence-corrected chi connectivity index (χ4v) is 1.09. The predicted molar refractivity (Wildman–Crippen MR) is 52.2 cm³/mol. The maximum absolute atomic E-state index is 11.5. The topological polar surface area (TPSA) is 69.6 Å². The second kappa shape index (κ2) is 5.57. The summed E-state index contributed by atoms with van der Waals surface area (Å²) in [5, 5.41) is 20.0. The summed E-state index contributed by atoms with van der Waals surface area (Å²) < 4.78 is 0. The van der Waals surface area contributed by atoms with Crippen molar-refractivity contribution in [1.82, 2.24) is 5.32 Å². The molecule has 4 nitrogen and oxygen atoms in total. The van der Waals surface area contributed by atoms with Crippen LogP contribution in [0.2, 0.25) is 0 Å². The molecule has 1 aliphatic carbocycles. The van der Waals surface area contributed by atoms with Crippen LogP contribution in [0, 0.1) is 6.42 Å². The van der Waals surface area contributed by atoms with E-state index in [-0.39, 0.29) is 19.1 Å². The number of aliphatic hydroxyl groups excluding tert-OH is 2. The molecule has 0 unspecified atom stereocenters. The molecule has 0 aliphatic heterocycles. The van der Waals surface area contributed by atoms with E-state index in [4.69, 9.17) is 10.2 Å². The van der Waals surface area contributed by atoms with Crippen LogP contribution >= 0.6 is 0 Å². The Hall–Kier alpha value is -1.13. The fraction of sp³-hybridized carbons (Fsp3) is 0.400. The van der Waals surface area contributed by atoms with Crippen LogP contribution in [0.5, 0.6) is 0 Å². The number of carbonyl (C=O) groups is 1. The highest BCUT2D eigenvalue weighted by Crippen LogP contribution is 2.08. The summed E-state index contributed by atoms with van der Waals surface area (Å²) in [6.45, 7) is -0.522. The molecule has 3 N–H and O–H groups in total. The standard InChI is InChI=1S/C10H14NO3/c12-6-9(7-13)11-10(14)8-4-2-1-3-5-8/h2-5,9,12-13H,1,6-7H2,(H,11,14). The Balaban J connectivity index is 2.48. The molecule has 1 aliphatic rings. The second-order valence-corrected chi connectivity index (χ2v) is 3.03. The van der Waals surface area contributed by atoms with Crippen molar-refractivity contribution in [3.8, 4) is 0 Å². The summed E-state index contributed by atoms with van der Waals surface area (Å²) in [6.07, 6.45) is 8.03. The van der Waals surface area contributed by atoms with Crippen molar-refractivity contribution in [2.45, 2.75) is 12.5 Å². The highest BCUT2D eigenvalue weighted by atomic mass is 16.3. The third-order valence-electron chi connectivity index (χ3n) is 1.91. The average molecular weight is 196 g/mol. The Morgan fingerprint density at radius 3 is 2.71 bits per heavy atom. The molecule has 0 bridgehead atoms. The zero-order chi connectivity index (χ0) is 10.4. The van der Waals surface area contributed by atoms with Gasteiger partial charge in [-0.05, 0) is 12.8 Å². The lowest BCUT2D eigenvalue weighted by Gasteiger charge is -2.14. The molecule has 1 amide bonds. The minimum Gasteiger partial charge on any atom is -0.394 e. The van der Waals surface area contributed by atoms with E-state index in [9.17, 15) is 4.79 Å². The van der Waals surface area contributed by atoms with Crippen LogP contribution in [0.4, 0.5) is 0 Å². The van der Waals surface area contributed by atoms with Gasteiger partial charge in [0, 0.05) is 5.57 Å². The summed E-state index contributed by atoms with van der Waals surface area (Å²) in [4.78, 5) is 11.5. The monoisotopic (exact) mass is 196 g/mol. The number of carbonyl (C=O) groups excluding carboxylic acids is 1. The van der Waals surface area contributed by atoms with Crippen molar-refractivity contribution in [2.24, 2.45) is 0 Å². The number of aliphatic hydroxyl groups is 2. The molecule has 0 spiro atoms. The van der Waals surface area contributed by atoms with Crippen LogP contribution in [-0.2, 0) is 4.79 Å². The predicted octanol–water partition coefficient (Wildman–Crippen LogP) is -0.454. The van der Waals surface area contributed by atoms with Gasteiger partial charge in [0.25, 0.3) is 5.91 Å². The smallest absolute Gasteiger partial charge is 0.251 e. The molecule has 0 saturated heterocycles. The van der Waals surface area contributed by atoms with E-state index in [0.717, 1.165) is 6.42 Å². The third-order valence-corrected chi connectivity index (χ3v) is 1.91. The molecule has 1 radical (unpaired) electrons. The van der Waals surface area contributed by atoms with Gasteiger partial charge in [-0.3, -0.25) is 4.79 Å². The molecule has 0 aromatic heterocycles. The number of hydrogen-bond donors (Lipinski definition) is 3. The van der Waals surface area contributed by atoms with Gasteiger partial charge in [-0.2, -0.15) is 0 Å². The molecular weight excluding hydrogens is 182 g/mol. The van der Waals surface area contributed by atoms with Crippen LogP contribution in [0.1, 0.15) is 6.42 Å². The first kappa shape index (κ1) is 10.9. The first-order valence-corrected chi connectivity index (χ1v) is 4.50. The first-order chi connectivity index (χ1) is 6.77. The van der Waals surface area contributed by atoms with Crippen LogP contribution in [0.15, 0.2) is 23.8 Å². The van der Waals surface area contributed by atoms with E-state index in [2.05, 4.69) is 5.32 Å². The zero-order valence-corrected chi connectivity index (χ0v) is 7.81.